The summed E-state index contributed by atoms with van der Waals surface area (Å²) in [5, 5.41) is 11.7. The van der Waals surface area contributed by atoms with E-state index in [2.05, 4.69) is 44.9 Å². The topological polar surface area (TPSA) is 54.3 Å². The molecule has 8 heteroatoms. The van der Waals surface area contributed by atoms with Crippen LogP contribution in [-0.2, 0) is 11.3 Å². The first-order valence-electron chi connectivity index (χ1n) is 9.31. The van der Waals surface area contributed by atoms with Gasteiger partial charge in [-0.05, 0) is 24.1 Å². The Hall–Kier alpha value is -2.16. The van der Waals surface area contributed by atoms with Crippen molar-refractivity contribution in [3.8, 4) is 10.7 Å². The number of carbonyl (C=O) groups is 1. The van der Waals surface area contributed by atoms with Gasteiger partial charge >= 0.3 is 0 Å². The third-order valence-corrected chi connectivity index (χ3v) is 6.64. The summed E-state index contributed by atoms with van der Waals surface area (Å²) < 4.78 is 2.11. The van der Waals surface area contributed by atoms with E-state index in [0.29, 0.717) is 12.3 Å². The highest BCUT2D eigenvalue weighted by atomic mass is 32.2. The number of rotatable bonds is 6. The fourth-order valence-electron chi connectivity index (χ4n) is 3.17. The maximum absolute atomic E-state index is 12.6. The molecule has 0 spiro atoms. The van der Waals surface area contributed by atoms with E-state index >= 15 is 0 Å². The number of piperazine rings is 1. The number of benzene rings is 1. The van der Waals surface area contributed by atoms with E-state index in [0.717, 1.165) is 42.0 Å². The van der Waals surface area contributed by atoms with Crippen LogP contribution in [0.2, 0.25) is 0 Å². The zero-order valence-corrected chi connectivity index (χ0v) is 17.5. The average Bonchev–Trinajstić information content (AvgIpc) is 3.37. The zero-order chi connectivity index (χ0) is 19.3. The number of thioether (sulfide) groups is 1. The van der Waals surface area contributed by atoms with Crippen LogP contribution in [0.1, 0.15) is 5.56 Å². The van der Waals surface area contributed by atoms with E-state index in [1.807, 2.05) is 34.5 Å². The summed E-state index contributed by atoms with van der Waals surface area (Å²) in [6, 6.07) is 14.4. The van der Waals surface area contributed by atoms with Gasteiger partial charge in [-0.25, -0.2) is 0 Å². The fraction of sp³-hybridized carbons (Fsp3) is 0.350. The summed E-state index contributed by atoms with van der Waals surface area (Å²) in [5.74, 6) is 1.42. The van der Waals surface area contributed by atoms with Crippen LogP contribution in [0.15, 0.2) is 53.0 Å². The van der Waals surface area contributed by atoms with Gasteiger partial charge in [-0.3, -0.25) is 9.36 Å². The van der Waals surface area contributed by atoms with E-state index in [1.165, 1.54) is 17.3 Å². The first kappa shape index (κ1) is 19.2. The Morgan fingerprint density at radius 1 is 1.07 bits per heavy atom. The fourth-order valence-corrected chi connectivity index (χ4v) is 4.72. The number of amides is 1. The van der Waals surface area contributed by atoms with Crippen molar-refractivity contribution in [3.05, 3.63) is 53.4 Å². The van der Waals surface area contributed by atoms with E-state index in [4.69, 9.17) is 0 Å². The van der Waals surface area contributed by atoms with Crippen molar-refractivity contribution >= 4 is 29.0 Å². The van der Waals surface area contributed by atoms with Crippen molar-refractivity contribution < 1.29 is 4.79 Å². The maximum Gasteiger partial charge on any atom is 0.233 e. The molecule has 1 saturated heterocycles. The molecule has 0 atom stereocenters. The van der Waals surface area contributed by atoms with E-state index in [9.17, 15) is 4.79 Å². The Morgan fingerprint density at radius 2 is 1.86 bits per heavy atom. The molecule has 0 aliphatic carbocycles. The van der Waals surface area contributed by atoms with E-state index in [1.54, 1.807) is 11.3 Å². The molecule has 0 radical (unpaired) electrons. The predicted octanol–water partition coefficient (Wildman–Crippen LogP) is 2.92. The highest BCUT2D eigenvalue weighted by Gasteiger charge is 2.21. The third-order valence-electron chi connectivity index (χ3n) is 4.82. The molecule has 1 fully saturated rings. The molecule has 3 aromatic rings. The van der Waals surface area contributed by atoms with Gasteiger partial charge in [0, 0.05) is 26.2 Å². The number of likely N-dealkylation sites (N-methyl/N-ethyl adjacent to an activating group) is 1. The quantitative estimate of drug-likeness (QED) is 0.582. The lowest BCUT2D eigenvalue weighted by Gasteiger charge is -2.32. The van der Waals surface area contributed by atoms with Gasteiger partial charge < -0.3 is 9.80 Å². The van der Waals surface area contributed by atoms with E-state index in [-0.39, 0.29) is 5.91 Å². The summed E-state index contributed by atoms with van der Waals surface area (Å²) in [6.45, 7) is 4.15. The monoisotopic (exact) mass is 413 g/mol. The third kappa shape index (κ3) is 4.45. The minimum absolute atomic E-state index is 0.171. The molecular formula is C20H23N5OS2. The minimum atomic E-state index is 0.171. The molecular weight excluding hydrogens is 390 g/mol. The summed E-state index contributed by atoms with van der Waals surface area (Å²) in [5.41, 5.74) is 1.19. The van der Waals surface area contributed by atoms with Crippen LogP contribution >= 0.6 is 23.1 Å². The highest BCUT2D eigenvalue weighted by molar-refractivity contribution is 7.99. The lowest BCUT2D eigenvalue weighted by Crippen LogP contribution is -2.47. The lowest BCUT2D eigenvalue weighted by atomic mass is 10.2. The number of hydrogen-bond donors (Lipinski definition) is 0. The summed E-state index contributed by atoms with van der Waals surface area (Å²) in [7, 11) is 2.09. The second-order valence-corrected chi connectivity index (χ2v) is 8.72. The molecule has 4 rings (SSSR count). The van der Waals surface area contributed by atoms with Crippen LogP contribution in [0.5, 0.6) is 0 Å². The Balaban J connectivity index is 1.51. The van der Waals surface area contributed by atoms with Crippen molar-refractivity contribution in [3.63, 3.8) is 0 Å². The van der Waals surface area contributed by atoms with Crippen molar-refractivity contribution in [2.24, 2.45) is 0 Å². The first-order chi connectivity index (χ1) is 13.7. The number of aromatic nitrogens is 3. The summed E-state index contributed by atoms with van der Waals surface area (Å²) >= 11 is 3.13. The van der Waals surface area contributed by atoms with Crippen LogP contribution in [0, 0.1) is 0 Å². The number of carbonyl (C=O) groups excluding carboxylic acids is 1. The molecule has 1 aliphatic heterocycles. The molecule has 0 N–H and O–H groups in total. The molecule has 0 unspecified atom stereocenters. The van der Waals surface area contributed by atoms with Crippen molar-refractivity contribution in [1.82, 2.24) is 24.6 Å². The minimum Gasteiger partial charge on any atom is -0.339 e. The molecule has 1 aromatic carbocycles. The smallest absolute Gasteiger partial charge is 0.233 e. The van der Waals surface area contributed by atoms with Gasteiger partial charge in [-0.1, -0.05) is 48.2 Å². The highest BCUT2D eigenvalue weighted by Crippen LogP contribution is 2.28. The number of hydrogen-bond acceptors (Lipinski definition) is 6. The SMILES string of the molecule is CN1CCN(C(=O)CSc2nnc(-c3cccs3)n2Cc2ccccc2)CC1. The number of nitrogens with zero attached hydrogens (tertiary/aromatic N) is 5. The predicted molar refractivity (Wildman–Crippen MR) is 114 cm³/mol. The molecule has 1 aliphatic rings. The van der Waals surface area contributed by atoms with Gasteiger partial charge in [0.2, 0.25) is 5.91 Å². The van der Waals surface area contributed by atoms with Crippen LogP contribution in [0.4, 0.5) is 0 Å². The molecule has 0 bridgehead atoms. The molecule has 0 saturated carbocycles. The Labute approximate surface area is 173 Å². The van der Waals surface area contributed by atoms with Crippen LogP contribution < -0.4 is 0 Å². The zero-order valence-electron chi connectivity index (χ0n) is 15.8. The molecule has 3 heterocycles. The molecule has 6 nitrogen and oxygen atoms in total. The molecule has 146 valence electrons. The lowest BCUT2D eigenvalue weighted by molar-refractivity contribution is -0.129. The normalized spacial score (nSPS) is 15.1. The average molecular weight is 414 g/mol. The molecule has 2 aromatic heterocycles. The van der Waals surface area contributed by atoms with Gasteiger partial charge in [0.05, 0.1) is 17.2 Å². The maximum atomic E-state index is 12.6. The van der Waals surface area contributed by atoms with Crippen LogP contribution in [0.25, 0.3) is 10.7 Å². The van der Waals surface area contributed by atoms with Gasteiger partial charge in [-0.15, -0.1) is 21.5 Å². The standard InChI is InChI=1S/C20H23N5OS2/c1-23-9-11-24(12-10-23)18(26)15-28-20-22-21-19(17-8-5-13-27-17)25(20)14-16-6-3-2-4-7-16/h2-8,13H,9-12,14-15H2,1H3. The van der Waals surface area contributed by atoms with Crippen LogP contribution in [0.3, 0.4) is 0 Å². The van der Waals surface area contributed by atoms with Crippen molar-refractivity contribution in [1.29, 1.82) is 0 Å². The first-order valence-corrected chi connectivity index (χ1v) is 11.2. The molecule has 1 amide bonds. The van der Waals surface area contributed by atoms with Gasteiger partial charge in [-0.2, -0.15) is 0 Å². The Kier molecular flexibility index (Phi) is 6.09. The summed E-state index contributed by atoms with van der Waals surface area (Å²) in [6.07, 6.45) is 0. The summed E-state index contributed by atoms with van der Waals surface area (Å²) in [4.78, 5) is 17.9. The van der Waals surface area contributed by atoms with Gasteiger partial charge in [0.1, 0.15) is 0 Å². The number of thiophene rings is 1. The van der Waals surface area contributed by atoms with E-state index < -0.39 is 0 Å². The van der Waals surface area contributed by atoms with Gasteiger partial charge in [0.15, 0.2) is 11.0 Å². The van der Waals surface area contributed by atoms with Crippen LogP contribution in [-0.4, -0.2) is 69.5 Å². The Morgan fingerprint density at radius 3 is 2.57 bits per heavy atom. The molecule has 28 heavy (non-hydrogen) atoms. The van der Waals surface area contributed by atoms with Crippen molar-refractivity contribution in [2.45, 2.75) is 11.7 Å². The second kappa shape index (κ2) is 8.89. The van der Waals surface area contributed by atoms with Gasteiger partial charge in [0.25, 0.3) is 0 Å². The second-order valence-electron chi connectivity index (χ2n) is 6.83. The largest absolute Gasteiger partial charge is 0.339 e. The Bertz CT molecular complexity index is 902. The van der Waals surface area contributed by atoms with Crippen molar-refractivity contribution in [2.75, 3.05) is 39.0 Å².